The summed E-state index contributed by atoms with van der Waals surface area (Å²) >= 11 is 0. The molecule has 2 aromatic heterocycles. The summed E-state index contributed by atoms with van der Waals surface area (Å²) in [5.74, 6) is 0. The fourth-order valence-corrected chi connectivity index (χ4v) is 4.03. The molecule has 0 aliphatic rings. The lowest BCUT2D eigenvalue weighted by molar-refractivity contribution is 0.589. The van der Waals surface area contributed by atoms with Gasteiger partial charge in [0, 0.05) is 22.5 Å². The molecule has 0 N–H and O–H groups in total. The Bertz CT molecular complexity index is 1340. The van der Waals surface area contributed by atoms with Crippen LogP contribution in [0.25, 0.3) is 33.2 Å². The monoisotopic (exact) mass is 391 g/mol. The molecule has 0 atom stereocenters. The van der Waals surface area contributed by atoms with Gasteiger partial charge < -0.3 is 4.42 Å². The summed E-state index contributed by atoms with van der Waals surface area (Å²) in [6, 6.07) is 27.7. The molecule has 5 aromatic rings. The molecule has 0 saturated carbocycles. The molecular formula is C28H25NO. The SMILES string of the molecule is CC(C)(C)c1ccnc(-c2cccc3c2oc2cc(Cc4ccccc4)ccc23)c1. The van der Waals surface area contributed by atoms with E-state index >= 15 is 0 Å². The number of para-hydroxylation sites is 1. The second kappa shape index (κ2) is 7.14. The van der Waals surface area contributed by atoms with Crippen molar-refractivity contribution < 1.29 is 4.42 Å². The van der Waals surface area contributed by atoms with Crippen molar-refractivity contribution in [2.75, 3.05) is 0 Å². The fraction of sp³-hybridized carbons (Fsp3) is 0.179. The van der Waals surface area contributed by atoms with Gasteiger partial charge in [0.2, 0.25) is 0 Å². The zero-order valence-electron chi connectivity index (χ0n) is 17.6. The van der Waals surface area contributed by atoms with E-state index in [4.69, 9.17) is 4.42 Å². The minimum Gasteiger partial charge on any atom is -0.455 e. The quantitative estimate of drug-likeness (QED) is 0.317. The smallest absolute Gasteiger partial charge is 0.144 e. The molecule has 30 heavy (non-hydrogen) atoms. The molecule has 5 rings (SSSR count). The van der Waals surface area contributed by atoms with Crippen molar-refractivity contribution in [3.8, 4) is 11.3 Å². The molecule has 0 bridgehead atoms. The summed E-state index contributed by atoms with van der Waals surface area (Å²) in [6.07, 6.45) is 2.80. The average molecular weight is 392 g/mol. The lowest BCUT2D eigenvalue weighted by atomic mass is 9.87. The Morgan fingerprint density at radius 1 is 0.767 bits per heavy atom. The predicted octanol–water partition coefficient (Wildman–Crippen LogP) is 7.54. The number of aromatic nitrogens is 1. The van der Waals surface area contributed by atoms with E-state index in [2.05, 4.69) is 105 Å². The number of rotatable bonds is 3. The van der Waals surface area contributed by atoms with Crippen molar-refractivity contribution >= 4 is 21.9 Å². The van der Waals surface area contributed by atoms with E-state index in [-0.39, 0.29) is 5.41 Å². The number of furan rings is 1. The third kappa shape index (κ3) is 3.39. The van der Waals surface area contributed by atoms with Crippen LogP contribution in [0.4, 0.5) is 0 Å². The molecule has 0 radical (unpaired) electrons. The molecule has 0 saturated heterocycles. The Balaban J connectivity index is 1.62. The molecule has 0 aliphatic carbocycles. The van der Waals surface area contributed by atoms with E-state index in [9.17, 15) is 0 Å². The number of pyridine rings is 1. The molecule has 2 heterocycles. The maximum absolute atomic E-state index is 6.40. The summed E-state index contributed by atoms with van der Waals surface area (Å²) in [6.45, 7) is 6.67. The molecule has 2 heteroatoms. The summed E-state index contributed by atoms with van der Waals surface area (Å²) in [4.78, 5) is 4.66. The van der Waals surface area contributed by atoms with Crippen molar-refractivity contribution in [3.63, 3.8) is 0 Å². The van der Waals surface area contributed by atoms with Crippen molar-refractivity contribution in [1.82, 2.24) is 4.98 Å². The molecule has 0 aliphatic heterocycles. The van der Waals surface area contributed by atoms with Crippen LogP contribution in [0.15, 0.2) is 89.5 Å². The summed E-state index contributed by atoms with van der Waals surface area (Å²) in [7, 11) is 0. The van der Waals surface area contributed by atoms with Gasteiger partial charge in [0.1, 0.15) is 11.2 Å². The Hall–Kier alpha value is -3.39. The molecule has 0 amide bonds. The number of fused-ring (bicyclic) bond motifs is 3. The Morgan fingerprint density at radius 2 is 1.60 bits per heavy atom. The number of nitrogens with zero attached hydrogens (tertiary/aromatic N) is 1. The highest BCUT2D eigenvalue weighted by Gasteiger charge is 2.17. The molecule has 0 unspecified atom stereocenters. The topological polar surface area (TPSA) is 26.0 Å². The predicted molar refractivity (Wildman–Crippen MR) is 125 cm³/mol. The van der Waals surface area contributed by atoms with Crippen LogP contribution in [-0.4, -0.2) is 4.98 Å². The highest BCUT2D eigenvalue weighted by atomic mass is 16.3. The van der Waals surface area contributed by atoms with Crippen LogP contribution >= 0.6 is 0 Å². The van der Waals surface area contributed by atoms with E-state index in [1.165, 1.54) is 16.7 Å². The zero-order valence-corrected chi connectivity index (χ0v) is 17.6. The van der Waals surface area contributed by atoms with Crippen molar-refractivity contribution in [1.29, 1.82) is 0 Å². The van der Waals surface area contributed by atoms with E-state index in [0.717, 1.165) is 39.6 Å². The summed E-state index contributed by atoms with van der Waals surface area (Å²) < 4.78 is 6.40. The van der Waals surface area contributed by atoms with Crippen LogP contribution in [0.2, 0.25) is 0 Å². The average Bonchev–Trinajstić information content (AvgIpc) is 3.12. The van der Waals surface area contributed by atoms with Gasteiger partial charge in [-0.3, -0.25) is 4.98 Å². The minimum absolute atomic E-state index is 0.0752. The van der Waals surface area contributed by atoms with E-state index in [1.54, 1.807) is 0 Å². The van der Waals surface area contributed by atoms with Gasteiger partial charge in [0.15, 0.2) is 0 Å². The fourth-order valence-electron chi connectivity index (χ4n) is 4.03. The minimum atomic E-state index is 0.0752. The third-order valence-electron chi connectivity index (χ3n) is 5.72. The van der Waals surface area contributed by atoms with Gasteiger partial charge >= 0.3 is 0 Å². The second-order valence-corrected chi connectivity index (χ2v) is 8.96. The van der Waals surface area contributed by atoms with Crippen LogP contribution in [-0.2, 0) is 11.8 Å². The van der Waals surface area contributed by atoms with Crippen molar-refractivity contribution in [3.05, 3.63) is 102 Å². The first-order valence-corrected chi connectivity index (χ1v) is 10.4. The van der Waals surface area contributed by atoms with E-state index in [1.807, 2.05) is 6.20 Å². The lowest BCUT2D eigenvalue weighted by Gasteiger charge is -2.19. The highest BCUT2D eigenvalue weighted by Crippen LogP contribution is 2.36. The number of hydrogen-bond acceptors (Lipinski definition) is 2. The normalized spacial score (nSPS) is 12.0. The van der Waals surface area contributed by atoms with Crippen LogP contribution in [0.5, 0.6) is 0 Å². The van der Waals surface area contributed by atoms with Crippen LogP contribution in [0.3, 0.4) is 0 Å². The van der Waals surface area contributed by atoms with Crippen LogP contribution in [0.1, 0.15) is 37.5 Å². The molecule has 3 aromatic carbocycles. The Morgan fingerprint density at radius 3 is 2.40 bits per heavy atom. The first-order valence-electron chi connectivity index (χ1n) is 10.4. The molecule has 0 fully saturated rings. The van der Waals surface area contributed by atoms with Gasteiger partial charge in [-0.15, -0.1) is 0 Å². The lowest BCUT2D eigenvalue weighted by Crippen LogP contribution is -2.11. The van der Waals surface area contributed by atoms with Gasteiger partial charge in [0.25, 0.3) is 0 Å². The second-order valence-electron chi connectivity index (χ2n) is 8.96. The number of hydrogen-bond donors (Lipinski definition) is 0. The Kier molecular flexibility index (Phi) is 4.43. The van der Waals surface area contributed by atoms with E-state index < -0.39 is 0 Å². The molecular weight excluding hydrogens is 366 g/mol. The summed E-state index contributed by atoms with van der Waals surface area (Å²) in [5.41, 5.74) is 7.73. The van der Waals surface area contributed by atoms with Crippen molar-refractivity contribution in [2.24, 2.45) is 0 Å². The maximum atomic E-state index is 6.40. The third-order valence-corrected chi connectivity index (χ3v) is 5.72. The van der Waals surface area contributed by atoms with Crippen molar-refractivity contribution in [2.45, 2.75) is 32.6 Å². The largest absolute Gasteiger partial charge is 0.455 e. The first kappa shape index (κ1) is 18.6. The standard InChI is InChI=1S/C28H25NO/c1-28(2,3)21-14-15-29-25(18-21)24-11-7-10-23-22-13-12-20(17-26(22)30-27(23)24)16-19-8-5-4-6-9-19/h4-15,17-18H,16H2,1-3H3. The van der Waals surface area contributed by atoms with Gasteiger partial charge in [-0.2, -0.15) is 0 Å². The highest BCUT2D eigenvalue weighted by molar-refractivity contribution is 6.09. The number of benzene rings is 3. The zero-order chi connectivity index (χ0) is 20.7. The van der Waals surface area contributed by atoms with Gasteiger partial charge in [-0.25, -0.2) is 0 Å². The van der Waals surface area contributed by atoms with Gasteiger partial charge in [0.05, 0.1) is 5.69 Å². The first-order chi connectivity index (χ1) is 14.5. The van der Waals surface area contributed by atoms with Crippen LogP contribution < -0.4 is 0 Å². The summed E-state index contributed by atoms with van der Waals surface area (Å²) in [5, 5.41) is 2.28. The van der Waals surface area contributed by atoms with E-state index in [0.29, 0.717) is 0 Å². The van der Waals surface area contributed by atoms with Crippen LogP contribution in [0, 0.1) is 0 Å². The Labute approximate surface area is 177 Å². The molecule has 2 nitrogen and oxygen atoms in total. The molecule has 0 spiro atoms. The van der Waals surface area contributed by atoms with Gasteiger partial charge in [-0.05, 0) is 52.8 Å². The molecule has 148 valence electrons. The maximum Gasteiger partial charge on any atom is 0.144 e. The van der Waals surface area contributed by atoms with Gasteiger partial charge in [-0.1, -0.05) is 75.4 Å².